The van der Waals surface area contributed by atoms with Crippen molar-refractivity contribution in [1.29, 1.82) is 0 Å². The minimum absolute atomic E-state index is 0.124. The molecule has 0 saturated carbocycles. The number of ether oxygens (including phenoxy) is 2. The number of fused-ring (bicyclic) bond motifs is 1. The normalized spacial score (nSPS) is 18.8. The number of hydrogen-bond donors (Lipinski definition) is 1. The summed E-state index contributed by atoms with van der Waals surface area (Å²) in [6.07, 6.45) is 0.124. The second-order valence-electron chi connectivity index (χ2n) is 4.85. The predicted molar refractivity (Wildman–Crippen MR) is 68.7 cm³/mol. The van der Waals surface area contributed by atoms with Crippen molar-refractivity contribution in [2.75, 3.05) is 13.7 Å². The van der Waals surface area contributed by atoms with Gasteiger partial charge in [0.15, 0.2) is 0 Å². The van der Waals surface area contributed by atoms with Crippen molar-refractivity contribution in [3.8, 4) is 5.75 Å². The van der Waals surface area contributed by atoms with Gasteiger partial charge in [-0.15, -0.1) is 0 Å². The number of esters is 1. The van der Waals surface area contributed by atoms with Crippen LogP contribution in [0.3, 0.4) is 0 Å². The molecule has 0 saturated heterocycles. The van der Waals surface area contributed by atoms with E-state index in [1.807, 2.05) is 6.07 Å². The van der Waals surface area contributed by atoms with Crippen LogP contribution in [0.15, 0.2) is 18.2 Å². The van der Waals surface area contributed by atoms with Gasteiger partial charge in [0.2, 0.25) is 0 Å². The highest BCUT2D eigenvalue weighted by Gasteiger charge is 2.21. The van der Waals surface area contributed by atoms with Gasteiger partial charge in [-0.3, -0.25) is 0 Å². The van der Waals surface area contributed by atoms with Crippen LogP contribution >= 0.6 is 0 Å². The molecule has 18 heavy (non-hydrogen) atoms. The minimum Gasteiger partial charge on any atom is -0.488 e. The van der Waals surface area contributed by atoms with E-state index in [2.05, 4.69) is 19.2 Å². The van der Waals surface area contributed by atoms with Gasteiger partial charge in [0.05, 0.1) is 12.7 Å². The van der Waals surface area contributed by atoms with Gasteiger partial charge in [0.1, 0.15) is 11.9 Å². The molecule has 2 rings (SSSR count). The van der Waals surface area contributed by atoms with Gasteiger partial charge in [-0.05, 0) is 18.1 Å². The smallest absolute Gasteiger partial charge is 0.337 e. The number of benzene rings is 1. The van der Waals surface area contributed by atoms with Crippen LogP contribution in [0.2, 0.25) is 0 Å². The fraction of sp³-hybridized carbons (Fsp3) is 0.500. The van der Waals surface area contributed by atoms with E-state index in [0.29, 0.717) is 11.5 Å². The zero-order valence-corrected chi connectivity index (χ0v) is 11.0. The van der Waals surface area contributed by atoms with Gasteiger partial charge in [-0.1, -0.05) is 19.9 Å². The molecule has 1 aliphatic heterocycles. The lowest BCUT2D eigenvalue weighted by Crippen LogP contribution is -2.32. The molecule has 4 heteroatoms. The monoisotopic (exact) mass is 249 g/mol. The molecule has 1 N–H and O–H groups in total. The van der Waals surface area contributed by atoms with Gasteiger partial charge in [-0.25, -0.2) is 4.79 Å². The Bertz CT molecular complexity index is 443. The fourth-order valence-electron chi connectivity index (χ4n) is 1.98. The van der Waals surface area contributed by atoms with Gasteiger partial charge < -0.3 is 14.8 Å². The standard InChI is InChI=1S/C14H19NO3/c1-9(2)13-8-15-7-11-5-4-10(14(16)17-3)6-12(11)18-13/h4-6,9,13,15H,7-8H2,1-3H3. The van der Waals surface area contributed by atoms with E-state index in [-0.39, 0.29) is 12.1 Å². The number of carbonyl (C=O) groups is 1. The lowest BCUT2D eigenvalue weighted by molar-refractivity contribution is 0.0599. The van der Waals surface area contributed by atoms with E-state index in [0.717, 1.165) is 24.4 Å². The Hall–Kier alpha value is -1.55. The van der Waals surface area contributed by atoms with Crippen LogP contribution in [0.5, 0.6) is 5.75 Å². The number of rotatable bonds is 2. The summed E-state index contributed by atoms with van der Waals surface area (Å²) in [7, 11) is 1.38. The van der Waals surface area contributed by atoms with Crippen molar-refractivity contribution in [2.45, 2.75) is 26.5 Å². The summed E-state index contributed by atoms with van der Waals surface area (Å²) in [6.45, 7) is 5.84. The lowest BCUT2D eigenvalue weighted by atomic mass is 10.1. The summed E-state index contributed by atoms with van der Waals surface area (Å²) in [5.41, 5.74) is 1.60. The first kappa shape index (κ1) is 12.9. The van der Waals surface area contributed by atoms with E-state index < -0.39 is 0 Å². The molecule has 0 amide bonds. The molecule has 98 valence electrons. The maximum atomic E-state index is 11.5. The highest BCUT2D eigenvalue weighted by Crippen LogP contribution is 2.25. The van der Waals surface area contributed by atoms with Crippen molar-refractivity contribution < 1.29 is 14.3 Å². The first-order valence-electron chi connectivity index (χ1n) is 6.20. The highest BCUT2D eigenvalue weighted by atomic mass is 16.5. The Labute approximate surface area is 107 Å². The summed E-state index contributed by atoms with van der Waals surface area (Å²) in [6, 6.07) is 5.45. The Morgan fingerprint density at radius 1 is 1.50 bits per heavy atom. The van der Waals surface area contributed by atoms with Crippen LogP contribution in [-0.4, -0.2) is 25.7 Å². The summed E-state index contributed by atoms with van der Waals surface area (Å²) >= 11 is 0. The predicted octanol–water partition coefficient (Wildman–Crippen LogP) is 1.98. The van der Waals surface area contributed by atoms with Crippen molar-refractivity contribution in [3.05, 3.63) is 29.3 Å². The van der Waals surface area contributed by atoms with Crippen LogP contribution < -0.4 is 10.1 Å². The third-order valence-corrected chi connectivity index (χ3v) is 3.17. The number of carbonyl (C=O) groups excluding carboxylic acids is 1. The molecule has 4 nitrogen and oxygen atoms in total. The molecule has 1 aromatic rings. The molecule has 1 aliphatic rings. The zero-order chi connectivity index (χ0) is 13.1. The second-order valence-corrected chi connectivity index (χ2v) is 4.85. The number of methoxy groups -OCH3 is 1. The van der Waals surface area contributed by atoms with Crippen molar-refractivity contribution >= 4 is 5.97 Å². The zero-order valence-electron chi connectivity index (χ0n) is 11.0. The van der Waals surface area contributed by atoms with E-state index in [4.69, 9.17) is 9.47 Å². The van der Waals surface area contributed by atoms with Crippen molar-refractivity contribution in [3.63, 3.8) is 0 Å². The molecule has 0 radical (unpaired) electrons. The number of nitrogens with one attached hydrogen (secondary N) is 1. The third-order valence-electron chi connectivity index (χ3n) is 3.17. The van der Waals surface area contributed by atoms with E-state index >= 15 is 0 Å². The van der Waals surface area contributed by atoms with E-state index in [1.54, 1.807) is 12.1 Å². The number of hydrogen-bond acceptors (Lipinski definition) is 4. The fourth-order valence-corrected chi connectivity index (χ4v) is 1.98. The SMILES string of the molecule is COC(=O)c1ccc2c(c1)OC(C(C)C)CNC2. The molecule has 0 aromatic heterocycles. The quantitative estimate of drug-likeness (QED) is 0.814. The summed E-state index contributed by atoms with van der Waals surface area (Å²) in [5.74, 6) is 0.867. The topological polar surface area (TPSA) is 47.6 Å². The molecule has 0 spiro atoms. The molecule has 1 aromatic carbocycles. The second kappa shape index (κ2) is 5.40. The van der Waals surface area contributed by atoms with Gasteiger partial charge in [0.25, 0.3) is 0 Å². The van der Waals surface area contributed by atoms with Crippen molar-refractivity contribution in [1.82, 2.24) is 5.32 Å². The Morgan fingerprint density at radius 2 is 2.28 bits per heavy atom. The molecule has 0 bridgehead atoms. The molecular formula is C14H19NO3. The Kier molecular flexibility index (Phi) is 3.87. The van der Waals surface area contributed by atoms with Crippen LogP contribution in [0.25, 0.3) is 0 Å². The van der Waals surface area contributed by atoms with Gasteiger partial charge in [-0.2, -0.15) is 0 Å². The van der Waals surface area contributed by atoms with E-state index in [9.17, 15) is 4.79 Å². The summed E-state index contributed by atoms with van der Waals surface area (Å²) in [5, 5.41) is 3.36. The first-order chi connectivity index (χ1) is 8.61. The molecule has 0 fully saturated rings. The largest absolute Gasteiger partial charge is 0.488 e. The lowest BCUT2D eigenvalue weighted by Gasteiger charge is -2.20. The molecule has 1 heterocycles. The Morgan fingerprint density at radius 3 is 2.94 bits per heavy atom. The average molecular weight is 249 g/mol. The van der Waals surface area contributed by atoms with Crippen LogP contribution in [0.1, 0.15) is 29.8 Å². The first-order valence-corrected chi connectivity index (χ1v) is 6.20. The van der Waals surface area contributed by atoms with Gasteiger partial charge >= 0.3 is 5.97 Å². The minimum atomic E-state index is -0.334. The molecular weight excluding hydrogens is 230 g/mol. The highest BCUT2D eigenvalue weighted by molar-refractivity contribution is 5.89. The average Bonchev–Trinajstić information content (AvgIpc) is 2.58. The maximum Gasteiger partial charge on any atom is 0.337 e. The van der Waals surface area contributed by atoms with E-state index in [1.165, 1.54) is 7.11 Å². The van der Waals surface area contributed by atoms with Gasteiger partial charge in [0, 0.05) is 18.7 Å². The Balaban J connectivity index is 2.29. The summed E-state index contributed by atoms with van der Waals surface area (Å²) in [4.78, 5) is 11.5. The van der Waals surface area contributed by atoms with Crippen molar-refractivity contribution in [2.24, 2.45) is 5.92 Å². The maximum absolute atomic E-state index is 11.5. The summed E-state index contributed by atoms with van der Waals surface area (Å²) < 4.78 is 10.7. The molecule has 1 atom stereocenters. The third kappa shape index (κ3) is 2.64. The van der Waals surface area contributed by atoms with Crippen LogP contribution in [-0.2, 0) is 11.3 Å². The molecule has 1 unspecified atom stereocenters. The van der Waals surface area contributed by atoms with Crippen LogP contribution in [0.4, 0.5) is 0 Å². The van der Waals surface area contributed by atoms with Crippen LogP contribution in [0, 0.1) is 5.92 Å². The molecule has 0 aliphatic carbocycles.